The maximum Gasteiger partial charge on any atom is 0.290 e. The van der Waals surface area contributed by atoms with Gasteiger partial charge < -0.3 is 29.4 Å². The molecular formula is C22H28FN7O4. The number of nitrogens with zero attached hydrogens (tertiary/aromatic N) is 6. The molecule has 1 amide bonds. The monoisotopic (exact) mass is 473 g/mol. The summed E-state index contributed by atoms with van der Waals surface area (Å²) in [5.74, 6) is -0.255. The van der Waals surface area contributed by atoms with Crippen molar-refractivity contribution in [3.8, 4) is 5.88 Å². The molecule has 3 aromatic rings. The van der Waals surface area contributed by atoms with Crippen molar-refractivity contribution < 1.29 is 23.8 Å². The van der Waals surface area contributed by atoms with Gasteiger partial charge in [0.25, 0.3) is 12.4 Å². The van der Waals surface area contributed by atoms with E-state index in [0.29, 0.717) is 30.0 Å². The number of pyridine rings is 1. The number of likely N-dealkylation sites (N-methyl/N-ethyl adjacent to an activating group) is 1. The van der Waals surface area contributed by atoms with Gasteiger partial charge in [0.2, 0.25) is 11.8 Å². The van der Waals surface area contributed by atoms with E-state index >= 15 is 0 Å². The van der Waals surface area contributed by atoms with Crippen molar-refractivity contribution in [2.75, 3.05) is 44.0 Å². The highest BCUT2D eigenvalue weighted by molar-refractivity contribution is 6.05. The number of amides is 1. The summed E-state index contributed by atoms with van der Waals surface area (Å²) in [5.41, 5.74) is 1.38. The van der Waals surface area contributed by atoms with Gasteiger partial charge in [0.05, 0.1) is 18.0 Å². The molecule has 182 valence electrons. The molecule has 0 bridgehead atoms. The van der Waals surface area contributed by atoms with Gasteiger partial charge in [-0.2, -0.15) is 4.98 Å². The smallest absolute Gasteiger partial charge is 0.290 e. The van der Waals surface area contributed by atoms with Crippen LogP contribution in [0.5, 0.6) is 5.88 Å². The van der Waals surface area contributed by atoms with Gasteiger partial charge in [-0.3, -0.25) is 9.59 Å². The molecule has 1 atom stereocenters. The maximum absolute atomic E-state index is 14.3. The van der Waals surface area contributed by atoms with Crippen molar-refractivity contribution in [2.45, 2.75) is 26.3 Å². The van der Waals surface area contributed by atoms with Crippen molar-refractivity contribution >= 4 is 29.7 Å². The van der Waals surface area contributed by atoms with E-state index in [1.54, 1.807) is 19.3 Å². The van der Waals surface area contributed by atoms with Crippen molar-refractivity contribution in [1.29, 1.82) is 0 Å². The number of hydrogen-bond acceptors (Lipinski definition) is 8. The molecule has 0 unspecified atom stereocenters. The molecule has 0 spiro atoms. The van der Waals surface area contributed by atoms with Crippen LogP contribution >= 0.6 is 0 Å². The fraction of sp³-hybridized carbons (Fsp3) is 0.409. The largest absolute Gasteiger partial charge is 0.483 e. The summed E-state index contributed by atoms with van der Waals surface area (Å²) in [4.78, 5) is 38.5. The van der Waals surface area contributed by atoms with Crippen LogP contribution in [0.2, 0.25) is 0 Å². The highest BCUT2D eigenvalue weighted by Crippen LogP contribution is 2.24. The lowest BCUT2D eigenvalue weighted by Crippen LogP contribution is -2.32. The number of carboxylic acid groups (broad SMARTS) is 1. The fourth-order valence-electron chi connectivity index (χ4n) is 3.70. The molecule has 1 saturated heterocycles. The zero-order valence-corrected chi connectivity index (χ0v) is 19.5. The van der Waals surface area contributed by atoms with E-state index in [1.807, 2.05) is 6.92 Å². The first-order valence-corrected chi connectivity index (χ1v) is 10.7. The maximum atomic E-state index is 14.3. The second kappa shape index (κ2) is 10.9. The lowest BCUT2D eigenvalue weighted by atomic mass is 10.2. The van der Waals surface area contributed by atoms with Crippen molar-refractivity contribution in [1.82, 2.24) is 24.3 Å². The number of carbonyl (C=O) groups excluding carboxylic acids is 1. The summed E-state index contributed by atoms with van der Waals surface area (Å²) in [5, 5.41) is 9.59. The molecule has 0 saturated carbocycles. The second-order valence-corrected chi connectivity index (χ2v) is 7.92. The first-order valence-electron chi connectivity index (χ1n) is 10.7. The minimum Gasteiger partial charge on any atom is -0.483 e. The van der Waals surface area contributed by atoms with Crippen LogP contribution in [-0.4, -0.2) is 81.6 Å². The first-order chi connectivity index (χ1) is 16.3. The summed E-state index contributed by atoms with van der Waals surface area (Å²) >= 11 is 0. The Labute approximate surface area is 196 Å². The third kappa shape index (κ3) is 5.57. The molecule has 1 aliphatic heterocycles. The molecule has 3 aromatic heterocycles. The zero-order chi connectivity index (χ0) is 24.8. The normalized spacial score (nSPS) is 15.2. The number of imidazole rings is 1. The van der Waals surface area contributed by atoms with Gasteiger partial charge in [-0.15, -0.1) is 0 Å². The number of anilines is 2. The summed E-state index contributed by atoms with van der Waals surface area (Å²) in [6, 6.07) is 1.67. The Morgan fingerprint density at radius 1 is 1.38 bits per heavy atom. The topological polar surface area (TPSA) is 125 Å². The molecule has 1 fully saturated rings. The van der Waals surface area contributed by atoms with E-state index in [4.69, 9.17) is 14.6 Å². The molecule has 2 N–H and O–H groups in total. The third-order valence-electron chi connectivity index (χ3n) is 5.33. The van der Waals surface area contributed by atoms with Crippen LogP contribution in [0.15, 0.2) is 24.7 Å². The number of ether oxygens (including phenoxy) is 1. The van der Waals surface area contributed by atoms with E-state index in [9.17, 15) is 9.18 Å². The van der Waals surface area contributed by atoms with Crippen LogP contribution in [0.4, 0.5) is 16.0 Å². The van der Waals surface area contributed by atoms with E-state index in [2.05, 4.69) is 44.2 Å². The van der Waals surface area contributed by atoms with Crippen LogP contribution in [0.1, 0.15) is 29.4 Å². The molecule has 12 heteroatoms. The molecule has 0 aromatic carbocycles. The molecule has 4 rings (SSSR count). The molecule has 11 nitrogen and oxygen atoms in total. The van der Waals surface area contributed by atoms with Crippen LogP contribution < -0.4 is 15.0 Å². The summed E-state index contributed by atoms with van der Waals surface area (Å²) in [6.07, 6.45) is 5.78. The number of aromatic nitrogens is 4. The molecule has 34 heavy (non-hydrogen) atoms. The van der Waals surface area contributed by atoms with E-state index in [1.165, 1.54) is 16.7 Å². The number of fused-ring (bicyclic) bond motifs is 1. The van der Waals surface area contributed by atoms with Crippen LogP contribution in [0.25, 0.3) is 5.65 Å². The van der Waals surface area contributed by atoms with E-state index in [-0.39, 0.29) is 23.6 Å². The van der Waals surface area contributed by atoms with Gasteiger partial charge in [0, 0.05) is 43.8 Å². The zero-order valence-electron chi connectivity index (χ0n) is 19.5. The molecule has 1 aliphatic rings. The first kappa shape index (κ1) is 24.8. The number of aryl methyl sites for hydroxylation is 1. The van der Waals surface area contributed by atoms with Gasteiger partial charge >= 0.3 is 0 Å². The van der Waals surface area contributed by atoms with E-state index in [0.717, 1.165) is 19.5 Å². The summed E-state index contributed by atoms with van der Waals surface area (Å²) in [7, 11) is 4.11. The summed E-state index contributed by atoms with van der Waals surface area (Å²) in [6.45, 7) is 5.36. The predicted molar refractivity (Wildman–Crippen MR) is 124 cm³/mol. The summed E-state index contributed by atoms with van der Waals surface area (Å²) < 4.78 is 21.5. The van der Waals surface area contributed by atoms with Crippen molar-refractivity contribution in [3.63, 3.8) is 0 Å². The lowest BCUT2D eigenvalue weighted by molar-refractivity contribution is -0.122. The van der Waals surface area contributed by atoms with E-state index < -0.39 is 11.7 Å². The van der Waals surface area contributed by atoms with Crippen LogP contribution in [0, 0.1) is 12.7 Å². The Hall–Kier alpha value is -3.80. The second-order valence-electron chi connectivity index (χ2n) is 7.92. The third-order valence-corrected chi connectivity index (χ3v) is 5.33. The number of carbonyl (C=O) groups is 2. The molecule has 0 aliphatic carbocycles. The standard InChI is InChI=1S/C21H26FN7O2.CH2O2/c1-5-31-20-16(9-23-21(26-20)28-7-6-15(12-28)27(3)4)19(30)25-14-8-17(22)18-24-13(2)10-29(18)11-14;2-1-3/h8-11,15H,5-7,12H2,1-4H3,(H,25,30);1H,(H,2,3)/t15-;/m0./s1. The van der Waals surface area contributed by atoms with Gasteiger partial charge in [0.15, 0.2) is 11.5 Å². The van der Waals surface area contributed by atoms with Gasteiger partial charge in [-0.25, -0.2) is 14.4 Å². The Bertz CT molecular complexity index is 1170. The number of nitrogens with one attached hydrogen (secondary N) is 1. The highest BCUT2D eigenvalue weighted by atomic mass is 19.1. The average molecular weight is 474 g/mol. The molecular weight excluding hydrogens is 445 g/mol. The van der Waals surface area contributed by atoms with Crippen LogP contribution in [-0.2, 0) is 4.79 Å². The number of halogens is 1. The van der Waals surface area contributed by atoms with Gasteiger partial charge in [0.1, 0.15) is 5.56 Å². The van der Waals surface area contributed by atoms with Gasteiger partial charge in [-0.1, -0.05) is 0 Å². The Balaban J connectivity index is 0.00000103. The molecule has 4 heterocycles. The SMILES string of the molecule is CCOc1nc(N2CC[C@H](N(C)C)C2)ncc1C(=O)Nc1cc(F)c2nc(C)cn2c1.O=CO. The highest BCUT2D eigenvalue weighted by Gasteiger charge is 2.27. The average Bonchev–Trinajstić information content (AvgIpc) is 3.41. The fourth-order valence-corrected chi connectivity index (χ4v) is 3.70. The minimum atomic E-state index is -0.521. The predicted octanol–water partition coefficient (Wildman–Crippen LogP) is 2.06. The lowest BCUT2D eigenvalue weighted by Gasteiger charge is -2.21. The quantitative estimate of drug-likeness (QED) is 0.518. The van der Waals surface area contributed by atoms with Crippen molar-refractivity contribution in [2.24, 2.45) is 0 Å². The van der Waals surface area contributed by atoms with Gasteiger partial charge in [-0.05, 0) is 34.4 Å². The number of hydrogen-bond donors (Lipinski definition) is 2. The van der Waals surface area contributed by atoms with Crippen molar-refractivity contribution in [3.05, 3.63) is 41.7 Å². The van der Waals surface area contributed by atoms with Crippen LogP contribution in [0.3, 0.4) is 0 Å². The minimum absolute atomic E-state index is 0.191. The Kier molecular flexibility index (Phi) is 7.95. The Morgan fingerprint density at radius 3 is 2.76 bits per heavy atom. The number of rotatable bonds is 6. The molecule has 0 radical (unpaired) electrons. The Morgan fingerprint density at radius 2 is 2.12 bits per heavy atom.